The quantitative estimate of drug-likeness (QED) is 0.771. The molecule has 1 nitrogen and oxygen atoms in total. The van der Waals surface area contributed by atoms with Gasteiger partial charge in [0.1, 0.15) is 5.82 Å². The summed E-state index contributed by atoms with van der Waals surface area (Å²) in [6, 6.07) is 3.46. The minimum absolute atomic E-state index is 0.157. The molecular weight excluding hydrogens is 179 g/mol. The first-order valence-corrected chi connectivity index (χ1v) is 4.88. The van der Waals surface area contributed by atoms with Crippen molar-refractivity contribution in [2.24, 2.45) is 0 Å². The van der Waals surface area contributed by atoms with Crippen molar-refractivity contribution >= 4 is 0 Å². The molecule has 1 N–H and O–H groups in total. The maximum absolute atomic E-state index is 13.6. The Labute approximate surface area is 84.6 Å². The van der Waals surface area contributed by atoms with Crippen molar-refractivity contribution in [3.05, 3.63) is 34.6 Å². The van der Waals surface area contributed by atoms with E-state index in [9.17, 15) is 9.50 Å². The Balaban J connectivity index is 3.20. The monoisotopic (exact) mass is 196 g/mol. The third-order valence-corrected chi connectivity index (χ3v) is 2.66. The zero-order chi connectivity index (χ0) is 10.9. The van der Waals surface area contributed by atoms with E-state index in [1.54, 1.807) is 6.92 Å². The summed E-state index contributed by atoms with van der Waals surface area (Å²) in [6.07, 6.45) is -0.522. The minimum Gasteiger partial charge on any atom is -0.393 e. The van der Waals surface area contributed by atoms with E-state index in [0.717, 1.165) is 11.1 Å². The smallest absolute Gasteiger partial charge is 0.127 e. The molecule has 2 heteroatoms. The Morgan fingerprint density at radius 1 is 1.21 bits per heavy atom. The summed E-state index contributed by atoms with van der Waals surface area (Å²) in [5.41, 5.74) is 2.46. The molecule has 0 aliphatic heterocycles. The van der Waals surface area contributed by atoms with Gasteiger partial charge in [0.05, 0.1) is 6.10 Å². The SMILES string of the molecule is Cc1cc(C)c(C(C)C(C)O)c(F)c1. The zero-order valence-electron chi connectivity index (χ0n) is 9.13. The van der Waals surface area contributed by atoms with Gasteiger partial charge in [-0.1, -0.05) is 13.0 Å². The first-order chi connectivity index (χ1) is 6.43. The van der Waals surface area contributed by atoms with E-state index < -0.39 is 6.10 Å². The van der Waals surface area contributed by atoms with Gasteiger partial charge in [0.2, 0.25) is 0 Å². The largest absolute Gasteiger partial charge is 0.393 e. The number of rotatable bonds is 2. The van der Waals surface area contributed by atoms with Gasteiger partial charge in [0, 0.05) is 5.92 Å². The molecule has 0 saturated heterocycles. The summed E-state index contributed by atoms with van der Waals surface area (Å²) in [6.45, 7) is 7.27. The Kier molecular flexibility index (Phi) is 3.27. The number of hydrogen-bond donors (Lipinski definition) is 1. The zero-order valence-corrected chi connectivity index (χ0v) is 9.13. The fourth-order valence-electron chi connectivity index (χ4n) is 1.74. The average Bonchev–Trinajstić information content (AvgIpc) is 2.01. The second kappa shape index (κ2) is 4.09. The van der Waals surface area contributed by atoms with Crippen molar-refractivity contribution in [2.75, 3.05) is 0 Å². The van der Waals surface area contributed by atoms with Gasteiger partial charge in [-0.2, -0.15) is 0 Å². The lowest BCUT2D eigenvalue weighted by Gasteiger charge is -2.18. The highest BCUT2D eigenvalue weighted by Crippen LogP contribution is 2.26. The van der Waals surface area contributed by atoms with Gasteiger partial charge >= 0.3 is 0 Å². The third kappa shape index (κ3) is 2.13. The molecule has 1 aromatic rings. The van der Waals surface area contributed by atoms with E-state index in [4.69, 9.17) is 0 Å². The maximum atomic E-state index is 13.6. The van der Waals surface area contributed by atoms with E-state index in [2.05, 4.69) is 0 Å². The Hall–Kier alpha value is -0.890. The van der Waals surface area contributed by atoms with Crippen molar-refractivity contribution in [3.63, 3.8) is 0 Å². The van der Waals surface area contributed by atoms with E-state index in [1.165, 1.54) is 6.07 Å². The van der Waals surface area contributed by atoms with Crippen molar-refractivity contribution in [1.82, 2.24) is 0 Å². The van der Waals surface area contributed by atoms with Gasteiger partial charge in [-0.3, -0.25) is 0 Å². The van der Waals surface area contributed by atoms with Gasteiger partial charge in [0.15, 0.2) is 0 Å². The molecule has 14 heavy (non-hydrogen) atoms. The first-order valence-electron chi connectivity index (χ1n) is 4.88. The van der Waals surface area contributed by atoms with E-state index in [-0.39, 0.29) is 11.7 Å². The molecule has 78 valence electrons. The van der Waals surface area contributed by atoms with Crippen molar-refractivity contribution < 1.29 is 9.50 Å². The van der Waals surface area contributed by atoms with E-state index >= 15 is 0 Å². The number of benzene rings is 1. The van der Waals surface area contributed by atoms with Gasteiger partial charge < -0.3 is 5.11 Å². The normalized spacial score (nSPS) is 15.3. The molecule has 0 aliphatic carbocycles. The summed E-state index contributed by atoms with van der Waals surface area (Å²) in [5.74, 6) is -0.369. The van der Waals surface area contributed by atoms with Crippen LogP contribution in [0.15, 0.2) is 12.1 Å². The van der Waals surface area contributed by atoms with Crippen LogP contribution in [-0.2, 0) is 0 Å². The summed E-state index contributed by atoms with van der Waals surface area (Å²) in [7, 11) is 0. The molecule has 0 radical (unpaired) electrons. The summed E-state index contributed by atoms with van der Waals surface area (Å²) >= 11 is 0. The highest BCUT2D eigenvalue weighted by molar-refractivity contribution is 5.34. The van der Waals surface area contributed by atoms with E-state index in [1.807, 2.05) is 26.8 Å². The number of aryl methyl sites for hydroxylation is 2. The predicted molar refractivity (Wildman–Crippen MR) is 56.0 cm³/mol. The summed E-state index contributed by atoms with van der Waals surface area (Å²) < 4.78 is 13.6. The van der Waals surface area contributed by atoms with Gasteiger partial charge in [0.25, 0.3) is 0 Å². The number of hydrogen-bond acceptors (Lipinski definition) is 1. The van der Waals surface area contributed by atoms with Crippen LogP contribution in [0, 0.1) is 19.7 Å². The number of aliphatic hydroxyl groups is 1. The van der Waals surface area contributed by atoms with Crippen LogP contribution in [0.25, 0.3) is 0 Å². The number of aliphatic hydroxyl groups excluding tert-OH is 1. The van der Waals surface area contributed by atoms with Crippen molar-refractivity contribution in [1.29, 1.82) is 0 Å². The fraction of sp³-hybridized carbons (Fsp3) is 0.500. The lowest BCUT2D eigenvalue weighted by Crippen LogP contribution is -2.14. The van der Waals surface area contributed by atoms with Gasteiger partial charge in [-0.05, 0) is 43.5 Å². The van der Waals surface area contributed by atoms with Crippen LogP contribution in [0.3, 0.4) is 0 Å². The van der Waals surface area contributed by atoms with Crippen LogP contribution in [0.5, 0.6) is 0 Å². The molecule has 0 spiro atoms. The molecule has 0 saturated carbocycles. The molecule has 1 rings (SSSR count). The molecule has 0 aromatic heterocycles. The topological polar surface area (TPSA) is 20.2 Å². The summed E-state index contributed by atoms with van der Waals surface area (Å²) in [4.78, 5) is 0. The Morgan fingerprint density at radius 2 is 1.79 bits per heavy atom. The fourth-order valence-corrected chi connectivity index (χ4v) is 1.74. The highest BCUT2D eigenvalue weighted by Gasteiger charge is 2.18. The number of halogens is 1. The van der Waals surface area contributed by atoms with Crippen LogP contribution >= 0.6 is 0 Å². The Bertz CT molecular complexity index is 308. The minimum atomic E-state index is -0.522. The van der Waals surface area contributed by atoms with Crippen LogP contribution in [-0.4, -0.2) is 11.2 Å². The molecule has 1 aromatic carbocycles. The van der Waals surface area contributed by atoms with E-state index in [0.29, 0.717) is 5.56 Å². The molecule has 0 aliphatic rings. The standard InChI is InChI=1S/C12H17FO/c1-7-5-8(2)12(11(13)6-7)9(3)10(4)14/h5-6,9-10,14H,1-4H3. The molecule has 0 amide bonds. The maximum Gasteiger partial charge on any atom is 0.127 e. The van der Waals surface area contributed by atoms with Crippen molar-refractivity contribution in [2.45, 2.75) is 39.7 Å². The second-order valence-corrected chi connectivity index (χ2v) is 4.01. The molecule has 0 bridgehead atoms. The molecule has 0 fully saturated rings. The predicted octanol–water partition coefficient (Wildman–Crippen LogP) is 2.93. The van der Waals surface area contributed by atoms with Crippen LogP contribution in [0.1, 0.15) is 36.5 Å². The third-order valence-electron chi connectivity index (χ3n) is 2.66. The molecular formula is C12H17FO. The molecule has 2 unspecified atom stereocenters. The molecule has 0 heterocycles. The Morgan fingerprint density at radius 3 is 2.21 bits per heavy atom. The second-order valence-electron chi connectivity index (χ2n) is 4.01. The lowest BCUT2D eigenvalue weighted by molar-refractivity contribution is 0.167. The van der Waals surface area contributed by atoms with Crippen LogP contribution in [0.4, 0.5) is 4.39 Å². The highest BCUT2D eigenvalue weighted by atomic mass is 19.1. The van der Waals surface area contributed by atoms with Crippen molar-refractivity contribution in [3.8, 4) is 0 Å². The molecule has 2 atom stereocenters. The summed E-state index contributed by atoms with van der Waals surface area (Å²) in [5, 5.41) is 9.43. The van der Waals surface area contributed by atoms with Crippen LogP contribution < -0.4 is 0 Å². The average molecular weight is 196 g/mol. The van der Waals surface area contributed by atoms with Gasteiger partial charge in [-0.15, -0.1) is 0 Å². The van der Waals surface area contributed by atoms with Crippen LogP contribution in [0.2, 0.25) is 0 Å². The lowest BCUT2D eigenvalue weighted by atomic mass is 9.91. The first kappa shape index (κ1) is 11.2. The van der Waals surface area contributed by atoms with Gasteiger partial charge in [-0.25, -0.2) is 4.39 Å².